The molecule has 19 heavy (non-hydrogen) atoms. The molecule has 0 bridgehead atoms. The second-order valence-corrected chi connectivity index (χ2v) is 4.07. The summed E-state index contributed by atoms with van der Waals surface area (Å²) in [6.45, 7) is 0. The highest BCUT2D eigenvalue weighted by Crippen LogP contribution is 2.42. The Bertz CT molecular complexity index is 451. The van der Waals surface area contributed by atoms with E-state index in [9.17, 15) is 9.59 Å². The van der Waals surface area contributed by atoms with E-state index in [1.165, 1.54) is 14.2 Å². The summed E-state index contributed by atoms with van der Waals surface area (Å²) in [4.78, 5) is 22.9. The van der Waals surface area contributed by atoms with E-state index >= 15 is 0 Å². The van der Waals surface area contributed by atoms with Crippen LogP contribution in [0.3, 0.4) is 0 Å². The summed E-state index contributed by atoms with van der Waals surface area (Å²) in [6, 6.07) is 6.94. The number of hydrogen-bond acceptors (Lipinski definition) is 6. The summed E-state index contributed by atoms with van der Waals surface area (Å²) >= 11 is 0. The van der Waals surface area contributed by atoms with Crippen molar-refractivity contribution in [2.24, 2.45) is 0 Å². The lowest BCUT2D eigenvalue weighted by Gasteiger charge is -2.25. The van der Waals surface area contributed by atoms with Crippen LogP contribution in [0.1, 0.15) is 12.8 Å². The molecule has 2 rings (SSSR count). The van der Waals surface area contributed by atoms with Gasteiger partial charge in [0.2, 0.25) is 0 Å². The number of methoxy groups -OCH3 is 2. The van der Waals surface area contributed by atoms with Crippen molar-refractivity contribution in [2.45, 2.75) is 18.6 Å². The third-order valence-electron chi connectivity index (χ3n) is 2.72. The average Bonchev–Trinajstić information content (AvgIpc) is 2.75. The minimum atomic E-state index is -1.40. The smallest absolute Gasteiger partial charge is 0.313 e. The second-order valence-electron chi connectivity index (χ2n) is 4.07. The van der Waals surface area contributed by atoms with E-state index in [2.05, 4.69) is 9.47 Å². The number of para-hydroxylation sites is 2. The lowest BCUT2D eigenvalue weighted by molar-refractivity contribution is -0.166. The quantitative estimate of drug-likeness (QED) is 0.764. The summed E-state index contributed by atoms with van der Waals surface area (Å²) in [5, 5.41) is 0. The largest absolute Gasteiger partial charge is 0.469 e. The first kappa shape index (κ1) is 13.2. The molecule has 1 aliphatic rings. The fourth-order valence-electron chi connectivity index (χ4n) is 1.83. The van der Waals surface area contributed by atoms with Crippen LogP contribution in [0.5, 0.6) is 11.5 Å². The van der Waals surface area contributed by atoms with Crippen LogP contribution in [-0.4, -0.2) is 31.9 Å². The Hall–Kier alpha value is -2.24. The summed E-state index contributed by atoms with van der Waals surface area (Å²) in [5.74, 6) is -1.50. The molecule has 0 radical (unpaired) electrons. The van der Waals surface area contributed by atoms with Crippen LogP contribution >= 0.6 is 0 Å². The standard InChI is InChI=1S/C13H14O6/c1-16-11(14)7-13(8-12(15)17-2)18-9-5-3-4-6-10(9)19-13/h3-6H,7-8H2,1-2H3. The summed E-state index contributed by atoms with van der Waals surface area (Å²) in [5.41, 5.74) is 0. The summed E-state index contributed by atoms with van der Waals surface area (Å²) < 4.78 is 20.4. The van der Waals surface area contributed by atoms with Crippen LogP contribution in [-0.2, 0) is 19.1 Å². The minimum absolute atomic E-state index is 0.201. The van der Waals surface area contributed by atoms with Crippen molar-refractivity contribution in [2.75, 3.05) is 14.2 Å². The molecule has 1 aliphatic heterocycles. The highest BCUT2D eigenvalue weighted by atomic mass is 16.7. The van der Waals surface area contributed by atoms with Gasteiger partial charge in [-0.25, -0.2) is 0 Å². The minimum Gasteiger partial charge on any atom is -0.469 e. The number of rotatable bonds is 4. The number of benzene rings is 1. The van der Waals surface area contributed by atoms with Crippen LogP contribution in [0, 0.1) is 0 Å². The average molecular weight is 266 g/mol. The van der Waals surface area contributed by atoms with Gasteiger partial charge in [0.25, 0.3) is 5.79 Å². The van der Waals surface area contributed by atoms with Crippen molar-refractivity contribution in [3.05, 3.63) is 24.3 Å². The number of fused-ring (bicyclic) bond motifs is 1. The SMILES string of the molecule is COC(=O)CC1(CC(=O)OC)Oc2ccccc2O1. The van der Waals surface area contributed by atoms with Gasteiger partial charge < -0.3 is 18.9 Å². The van der Waals surface area contributed by atoms with E-state index in [0.29, 0.717) is 11.5 Å². The Kier molecular flexibility index (Phi) is 3.59. The van der Waals surface area contributed by atoms with Crippen LogP contribution in [0.15, 0.2) is 24.3 Å². The zero-order valence-electron chi connectivity index (χ0n) is 10.7. The molecular formula is C13H14O6. The van der Waals surface area contributed by atoms with Gasteiger partial charge in [-0.1, -0.05) is 12.1 Å². The van der Waals surface area contributed by atoms with Crippen molar-refractivity contribution < 1.29 is 28.5 Å². The predicted molar refractivity (Wildman–Crippen MR) is 63.7 cm³/mol. The molecule has 0 spiro atoms. The topological polar surface area (TPSA) is 71.1 Å². The van der Waals surface area contributed by atoms with Gasteiger partial charge in [0.05, 0.1) is 14.2 Å². The first-order valence-electron chi connectivity index (χ1n) is 5.69. The Balaban J connectivity index is 2.23. The van der Waals surface area contributed by atoms with Crippen LogP contribution in [0.4, 0.5) is 0 Å². The van der Waals surface area contributed by atoms with Gasteiger partial charge >= 0.3 is 11.9 Å². The lowest BCUT2D eigenvalue weighted by Crippen LogP contribution is -2.43. The van der Waals surface area contributed by atoms with E-state index in [0.717, 1.165) is 0 Å². The molecule has 0 fully saturated rings. The maximum atomic E-state index is 11.5. The first-order chi connectivity index (χ1) is 9.08. The summed E-state index contributed by atoms with van der Waals surface area (Å²) in [7, 11) is 2.52. The normalized spacial score (nSPS) is 14.8. The lowest BCUT2D eigenvalue weighted by atomic mass is 10.1. The van der Waals surface area contributed by atoms with E-state index in [-0.39, 0.29) is 12.8 Å². The first-order valence-corrected chi connectivity index (χ1v) is 5.69. The van der Waals surface area contributed by atoms with Crippen LogP contribution in [0.2, 0.25) is 0 Å². The molecular weight excluding hydrogens is 252 g/mol. The van der Waals surface area contributed by atoms with Crippen molar-refractivity contribution in [3.63, 3.8) is 0 Å². The molecule has 6 nitrogen and oxygen atoms in total. The number of esters is 2. The Morgan fingerprint density at radius 3 is 1.79 bits per heavy atom. The Labute approximate surface area is 110 Å². The van der Waals surface area contributed by atoms with E-state index < -0.39 is 17.7 Å². The van der Waals surface area contributed by atoms with Gasteiger partial charge in [0, 0.05) is 0 Å². The van der Waals surface area contributed by atoms with Crippen LogP contribution in [0.25, 0.3) is 0 Å². The molecule has 102 valence electrons. The maximum absolute atomic E-state index is 11.5. The Morgan fingerprint density at radius 1 is 1.00 bits per heavy atom. The maximum Gasteiger partial charge on any atom is 0.313 e. The van der Waals surface area contributed by atoms with Gasteiger partial charge in [-0.05, 0) is 12.1 Å². The number of carbonyl (C=O) groups excluding carboxylic acids is 2. The molecule has 0 aliphatic carbocycles. The number of carbonyl (C=O) groups is 2. The fourth-order valence-corrected chi connectivity index (χ4v) is 1.83. The molecule has 1 aromatic rings. The van der Waals surface area contributed by atoms with Crippen molar-refractivity contribution >= 4 is 11.9 Å². The molecule has 0 N–H and O–H groups in total. The van der Waals surface area contributed by atoms with E-state index in [1.54, 1.807) is 24.3 Å². The van der Waals surface area contributed by atoms with Gasteiger partial charge in [-0.3, -0.25) is 9.59 Å². The van der Waals surface area contributed by atoms with Gasteiger partial charge in [0.1, 0.15) is 12.8 Å². The molecule has 0 atom stereocenters. The zero-order valence-corrected chi connectivity index (χ0v) is 10.7. The fraction of sp³-hybridized carbons (Fsp3) is 0.385. The third kappa shape index (κ3) is 2.78. The van der Waals surface area contributed by atoms with Crippen molar-refractivity contribution in [1.29, 1.82) is 0 Å². The molecule has 0 unspecified atom stereocenters. The van der Waals surface area contributed by atoms with Crippen molar-refractivity contribution in [1.82, 2.24) is 0 Å². The second kappa shape index (κ2) is 5.17. The molecule has 0 aromatic heterocycles. The molecule has 0 saturated heterocycles. The number of hydrogen-bond donors (Lipinski definition) is 0. The molecule has 0 saturated carbocycles. The highest BCUT2D eigenvalue weighted by Gasteiger charge is 2.46. The predicted octanol–water partition coefficient (Wildman–Crippen LogP) is 1.28. The van der Waals surface area contributed by atoms with E-state index in [1.807, 2.05) is 0 Å². The monoisotopic (exact) mass is 266 g/mol. The van der Waals surface area contributed by atoms with Gasteiger partial charge in [-0.15, -0.1) is 0 Å². The Morgan fingerprint density at radius 2 is 1.42 bits per heavy atom. The highest BCUT2D eigenvalue weighted by molar-refractivity contribution is 5.75. The van der Waals surface area contributed by atoms with Crippen molar-refractivity contribution in [3.8, 4) is 11.5 Å². The zero-order chi connectivity index (χ0) is 13.9. The molecule has 1 aromatic carbocycles. The van der Waals surface area contributed by atoms with E-state index in [4.69, 9.17) is 9.47 Å². The number of ether oxygens (including phenoxy) is 4. The molecule has 1 heterocycles. The third-order valence-corrected chi connectivity index (χ3v) is 2.72. The van der Waals surface area contributed by atoms with Gasteiger partial charge in [-0.2, -0.15) is 0 Å². The molecule has 0 amide bonds. The van der Waals surface area contributed by atoms with Gasteiger partial charge in [0.15, 0.2) is 11.5 Å². The summed E-state index contributed by atoms with van der Waals surface area (Å²) in [6.07, 6.45) is -0.402. The molecule has 6 heteroatoms. The van der Waals surface area contributed by atoms with Crippen LogP contribution < -0.4 is 9.47 Å².